The molecule has 1 aromatic rings. The van der Waals surface area contributed by atoms with Crippen LogP contribution in [0.1, 0.15) is 33.3 Å². The van der Waals surface area contributed by atoms with E-state index >= 15 is 0 Å². The van der Waals surface area contributed by atoms with E-state index in [0.717, 1.165) is 0 Å². The van der Waals surface area contributed by atoms with Crippen molar-refractivity contribution in [2.75, 3.05) is 4.90 Å². The van der Waals surface area contributed by atoms with Gasteiger partial charge in [-0.05, 0) is 43.0 Å². The quantitative estimate of drug-likeness (QED) is 0.864. The highest BCUT2D eigenvalue weighted by atomic mass is 19.1. The molecule has 5 heteroatoms. The second-order valence-electron chi connectivity index (χ2n) is 6.63. The summed E-state index contributed by atoms with van der Waals surface area (Å²) in [6.07, 6.45) is 0. The largest absolute Gasteiger partial charge is 0.342 e. The van der Waals surface area contributed by atoms with E-state index in [1.807, 2.05) is 20.8 Å². The predicted molar refractivity (Wildman–Crippen MR) is 79.5 cm³/mol. The van der Waals surface area contributed by atoms with Gasteiger partial charge in [-0.2, -0.15) is 0 Å². The normalized spacial score (nSPS) is 23.2. The Bertz CT molecular complexity index is 592. The van der Waals surface area contributed by atoms with E-state index in [0.29, 0.717) is 11.3 Å². The summed E-state index contributed by atoms with van der Waals surface area (Å²) in [5.74, 6) is -0.690. The molecular formula is C16H21FN2O2. The molecular weight excluding hydrogens is 271 g/mol. The van der Waals surface area contributed by atoms with Gasteiger partial charge in [0.25, 0.3) is 5.91 Å². The van der Waals surface area contributed by atoms with Gasteiger partial charge >= 0.3 is 0 Å². The Morgan fingerprint density at radius 2 is 1.86 bits per heavy atom. The topological polar surface area (TPSA) is 49.4 Å². The van der Waals surface area contributed by atoms with E-state index in [1.54, 1.807) is 19.9 Å². The van der Waals surface area contributed by atoms with Crippen molar-refractivity contribution >= 4 is 17.5 Å². The molecule has 0 spiro atoms. The Balaban J connectivity index is 2.46. The molecule has 0 radical (unpaired) electrons. The van der Waals surface area contributed by atoms with Gasteiger partial charge in [0.1, 0.15) is 17.9 Å². The standard InChI is InChI=1S/C16H21FN2O2/c1-9-8-11(6-7-12(9)17)19-10(2)14(20)18-13(15(19)21)16(3,4)5/h6-8,10,13H,1-5H3,(H,18,20). The third kappa shape index (κ3) is 2.77. The summed E-state index contributed by atoms with van der Waals surface area (Å²) in [4.78, 5) is 26.4. The molecule has 1 heterocycles. The number of rotatable bonds is 1. The lowest BCUT2D eigenvalue weighted by Crippen LogP contribution is -2.66. The average molecular weight is 292 g/mol. The molecule has 1 aliphatic rings. The summed E-state index contributed by atoms with van der Waals surface area (Å²) < 4.78 is 13.4. The molecule has 0 saturated carbocycles. The molecule has 1 N–H and O–H groups in total. The number of carbonyl (C=O) groups is 2. The average Bonchev–Trinajstić information content (AvgIpc) is 2.37. The Morgan fingerprint density at radius 1 is 1.24 bits per heavy atom. The first kappa shape index (κ1) is 15.5. The van der Waals surface area contributed by atoms with Crippen molar-refractivity contribution in [3.63, 3.8) is 0 Å². The van der Waals surface area contributed by atoms with Crippen molar-refractivity contribution in [3.05, 3.63) is 29.6 Å². The zero-order valence-electron chi connectivity index (χ0n) is 13.0. The van der Waals surface area contributed by atoms with E-state index < -0.39 is 12.1 Å². The number of hydrogen-bond donors (Lipinski definition) is 1. The number of nitrogens with one attached hydrogen (secondary N) is 1. The summed E-state index contributed by atoms with van der Waals surface area (Å²) >= 11 is 0. The number of piperazine rings is 1. The van der Waals surface area contributed by atoms with Gasteiger partial charge < -0.3 is 5.32 Å². The SMILES string of the molecule is Cc1cc(N2C(=O)C(C(C)(C)C)NC(=O)C2C)ccc1F. The molecule has 1 aliphatic heterocycles. The highest BCUT2D eigenvalue weighted by molar-refractivity contribution is 6.08. The van der Waals surface area contributed by atoms with Crippen LogP contribution in [0.2, 0.25) is 0 Å². The van der Waals surface area contributed by atoms with Crippen LogP contribution in [-0.4, -0.2) is 23.9 Å². The summed E-state index contributed by atoms with van der Waals surface area (Å²) in [5, 5.41) is 2.78. The van der Waals surface area contributed by atoms with Crippen molar-refractivity contribution in [3.8, 4) is 0 Å². The lowest BCUT2D eigenvalue weighted by Gasteiger charge is -2.42. The molecule has 0 aliphatic carbocycles. The van der Waals surface area contributed by atoms with Crippen molar-refractivity contribution in [1.29, 1.82) is 0 Å². The molecule has 114 valence electrons. The lowest BCUT2D eigenvalue weighted by molar-refractivity contribution is -0.136. The van der Waals surface area contributed by atoms with Crippen LogP contribution >= 0.6 is 0 Å². The molecule has 21 heavy (non-hydrogen) atoms. The number of anilines is 1. The molecule has 2 rings (SSSR count). The van der Waals surface area contributed by atoms with Crippen LogP contribution in [-0.2, 0) is 9.59 Å². The third-order valence-corrected chi connectivity index (χ3v) is 3.82. The van der Waals surface area contributed by atoms with E-state index in [9.17, 15) is 14.0 Å². The van der Waals surface area contributed by atoms with Crippen LogP contribution in [0.15, 0.2) is 18.2 Å². The number of halogens is 1. The molecule has 4 nitrogen and oxygen atoms in total. The number of hydrogen-bond acceptors (Lipinski definition) is 2. The molecule has 1 aromatic carbocycles. The van der Waals surface area contributed by atoms with Crippen LogP contribution in [0, 0.1) is 18.2 Å². The molecule has 2 atom stereocenters. The van der Waals surface area contributed by atoms with Crippen LogP contribution in [0.25, 0.3) is 0 Å². The molecule has 1 saturated heterocycles. The van der Waals surface area contributed by atoms with Crippen LogP contribution < -0.4 is 10.2 Å². The maximum Gasteiger partial charge on any atom is 0.250 e. The van der Waals surface area contributed by atoms with E-state index in [-0.39, 0.29) is 23.0 Å². The second kappa shape index (κ2) is 5.13. The van der Waals surface area contributed by atoms with Gasteiger partial charge in [0.05, 0.1) is 0 Å². The van der Waals surface area contributed by atoms with Gasteiger partial charge in [0.2, 0.25) is 5.91 Å². The van der Waals surface area contributed by atoms with Gasteiger partial charge in [-0.1, -0.05) is 20.8 Å². The fourth-order valence-electron chi connectivity index (χ4n) is 2.49. The minimum Gasteiger partial charge on any atom is -0.342 e. The number of nitrogens with zero attached hydrogens (tertiary/aromatic N) is 1. The Labute approximate surface area is 124 Å². The monoisotopic (exact) mass is 292 g/mol. The molecule has 2 unspecified atom stereocenters. The van der Waals surface area contributed by atoms with E-state index in [2.05, 4.69) is 5.32 Å². The Hall–Kier alpha value is -1.91. The van der Waals surface area contributed by atoms with Crippen molar-refractivity contribution < 1.29 is 14.0 Å². The molecule has 0 bridgehead atoms. The van der Waals surface area contributed by atoms with E-state index in [1.165, 1.54) is 17.0 Å². The highest BCUT2D eigenvalue weighted by Gasteiger charge is 2.44. The fraction of sp³-hybridized carbons (Fsp3) is 0.500. The van der Waals surface area contributed by atoms with Crippen LogP contribution in [0.5, 0.6) is 0 Å². The molecule has 2 amide bonds. The second-order valence-corrected chi connectivity index (χ2v) is 6.63. The van der Waals surface area contributed by atoms with Gasteiger partial charge in [-0.25, -0.2) is 4.39 Å². The summed E-state index contributed by atoms with van der Waals surface area (Å²) in [6.45, 7) is 9.02. The van der Waals surface area contributed by atoms with Crippen molar-refractivity contribution in [1.82, 2.24) is 5.32 Å². The first-order valence-electron chi connectivity index (χ1n) is 7.02. The first-order valence-corrected chi connectivity index (χ1v) is 7.02. The minimum atomic E-state index is -0.610. The van der Waals surface area contributed by atoms with Crippen LogP contribution in [0.4, 0.5) is 10.1 Å². The molecule has 1 fully saturated rings. The van der Waals surface area contributed by atoms with E-state index in [4.69, 9.17) is 0 Å². The lowest BCUT2D eigenvalue weighted by atomic mass is 9.84. The minimum absolute atomic E-state index is 0.166. The van der Waals surface area contributed by atoms with Crippen molar-refractivity contribution in [2.24, 2.45) is 5.41 Å². The number of aryl methyl sites for hydroxylation is 1. The van der Waals surface area contributed by atoms with Gasteiger partial charge in [0.15, 0.2) is 0 Å². The van der Waals surface area contributed by atoms with Gasteiger partial charge in [0, 0.05) is 5.69 Å². The predicted octanol–water partition coefficient (Wildman–Crippen LogP) is 2.40. The maximum absolute atomic E-state index is 13.4. The van der Waals surface area contributed by atoms with Crippen molar-refractivity contribution in [2.45, 2.75) is 46.7 Å². The molecule has 0 aromatic heterocycles. The smallest absolute Gasteiger partial charge is 0.250 e. The zero-order chi connectivity index (χ0) is 15.9. The number of carbonyl (C=O) groups excluding carboxylic acids is 2. The Morgan fingerprint density at radius 3 is 2.38 bits per heavy atom. The maximum atomic E-state index is 13.4. The number of benzene rings is 1. The number of amides is 2. The highest BCUT2D eigenvalue weighted by Crippen LogP contribution is 2.29. The Kier molecular flexibility index (Phi) is 3.78. The summed E-state index contributed by atoms with van der Waals surface area (Å²) in [6, 6.07) is 3.26. The summed E-state index contributed by atoms with van der Waals surface area (Å²) in [5.41, 5.74) is 0.613. The van der Waals surface area contributed by atoms with Gasteiger partial charge in [-0.15, -0.1) is 0 Å². The fourth-order valence-corrected chi connectivity index (χ4v) is 2.49. The summed E-state index contributed by atoms with van der Waals surface area (Å²) in [7, 11) is 0. The van der Waals surface area contributed by atoms with Crippen LogP contribution in [0.3, 0.4) is 0 Å². The first-order chi connectivity index (χ1) is 9.62. The zero-order valence-corrected chi connectivity index (χ0v) is 13.0. The van der Waals surface area contributed by atoms with Gasteiger partial charge in [-0.3, -0.25) is 14.5 Å². The third-order valence-electron chi connectivity index (χ3n) is 3.82.